The van der Waals surface area contributed by atoms with Crippen molar-refractivity contribution in [3.8, 4) is 0 Å². The molecule has 0 aromatic carbocycles. The summed E-state index contributed by atoms with van der Waals surface area (Å²) in [6.45, 7) is 3.71. The van der Waals surface area contributed by atoms with Gasteiger partial charge in [0.25, 0.3) is 0 Å². The molecule has 0 aromatic heterocycles. The third-order valence-corrected chi connectivity index (χ3v) is 3.39. The SMILES string of the molecule is CC(=O)N(C)C(CO)C1CCCN(C)C1. The highest BCUT2D eigenvalue weighted by Crippen LogP contribution is 2.21. The highest BCUT2D eigenvalue weighted by atomic mass is 16.3. The Morgan fingerprint density at radius 1 is 1.67 bits per heavy atom. The molecule has 0 aromatic rings. The molecule has 1 saturated heterocycles. The fraction of sp³-hybridized carbons (Fsp3) is 0.909. The zero-order chi connectivity index (χ0) is 11.4. The van der Waals surface area contributed by atoms with Gasteiger partial charge in [0, 0.05) is 20.5 Å². The number of hydrogen-bond acceptors (Lipinski definition) is 3. The summed E-state index contributed by atoms with van der Waals surface area (Å²) in [6.07, 6.45) is 2.26. The normalized spacial score (nSPS) is 24.9. The summed E-state index contributed by atoms with van der Waals surface area (Å²) in [5.74, 6) is 0.435. The molecule has 4 nitrogen and oxygen atoms in total. The van der Waals surface area contributed by atoms with Crippen LogP contribution in [0.25, 0.3) is 0 Å². The molecular weight excluding hydrogens is 192 g/mol. The quantitative estimate of drug-likeness (QED) is 0.728. The molecule has 1 aliphatic rings. The van der Waals surface area contributed by atoms with E-state index in [4.69, 9.17) is 0 Å². The van der Waals surface area contributed by atoms with Crippen molar-refractivity contribution >= 4 is 5.91 Å². The Hall–Kier alpha value is -0.610. The number of aliphatic hydroxyl groups excluding tert-OH is 1. The number of rotatable bonds is 3. The van der Waals surface area contributed by atoms with Crippen LogP contribution in [0, 0.1) is 5.92 Å². The molecule has 0 radical (unpaired) electrons. The van der Waals surface area contributed by atoms with E-state index in [1.54, 1.807) is 18.9 Å². The number of likely N-dealkylation sites (N-methyl/N-ethyl adjacent to an activating group) is 1. The first-order chi connectivity index (χ1) is 7.06. The van der Waals surface area contributed by atoms with Gasteiger partial charge < -0.3 is 14.9 Å². The number of likely N-dealkylation sites (tertiary alicyclic amines) is 1. The van der Waals surface area contributed by atoms with Crippen LogP contribution in [0.4, 0.5) is 0 Å². The number of carbonyl (C=O) groups excluding carboxylic acids is 1. The summed E-state index contributed by atoms with van der Waals surface area (Å²) in [6, 6.07) is -0.0229. The fourth-order valence-corrected chi connectivity index (χ4v) is 2.34. The number of nitrogens with zero attached hydrogens (tertiary/aromatic N) is 2. The van der Waals surface area contributed by atoms with E-state index < -0.39 is 0 Å². The predicted molar refractivity (Wildman–Crippen MR) is 59.5 cm³/mol. The topological polar surface area (TPSA) is 43.8 Å². The molecule has 1 amide bonds. The lowest BCUT2D eigenvalue weighted by molar-refractivity contribution is -0.132. The second kappa shape index (κ2) is 5.47. The van der Waals surface area contributed by atoms with Gasteiger partial charge in [-0.2, -0.15) is 0 Å². The molecule has 1 fully saturated rings. The van der Waals surface area contributed by atoms with E-state index in [2.05, 4.69) is 11.9 Å². The molecule has 15 heavy (non-hydrogen) atoms. The summed E-state index contributed by atoms with van der Waals surface area (Å²) in [7, 11) is 3.87. The molecule has 88 valence electrons. The van der Waals surface area contributed by atoms with E-state index in [0.717, 1.165) is 25.9 Å². The van der Waals surface area contributed by atoms with Gasteiger partial charge >= 0.3 is 0 Å². The lowest BCUT2D eigenvalue weighted by Crippen LogP contribution is -2.48. The molecule has 0 aliphatic carbocycles. The summed E-state index contributed by atoms with van der Waals surface area (Å²) in [4.78, 5) is 15.2. The lowest BCUT2D eigenvalue weighted by Gasteiger charge is -2.38. The van der Waals surface area contributed by atoms with Crippen molar-refractivity contribution in [2.75, 3.05) is 33.8 Å². The van der Waals surface area contributed by atoms with Gasteiger partial charge in [-0.3, -0.25) is 4.79 Å². The Morgan fingerprint density at radius 3 is 2.80 bits per heavy atom. The smallest absolute Gasteiger partial charge is 0.219 e. The average Bonchev–Trinajstić information content (AvgIpc) is 2.18. The monoisotopic (exact) mass is 214 g/mol. The van der Waals surface area contributed by atoms with Gasteiger partial charge in [-0.15, -0.1) is 0 Å². The van der Waals surface area contributed by atoms with Crippen LogP contribution in [0.15, 0.2) is 0 Å². The van der Waals surface area contributed by atoms with Gasteiger partial charge in [0.05, 0.1) is 12.6 Å². The van der Waals surface area contributed by atoms with Crippen molar-refractivity contribution in [1.82, 2.24) is 9.80 Å². The van der Waals surface area contributed by atoms with E-state index >= 15 is 0 Å². The van der Waals surface area contributed by atoms with Crippen molar-refractivity contribution in [1.29, 1.82) is 0 Å². The van der Waals surface area contributed by atoms with Crippen LogP contribution in [0.2, 0.25) is 0 Å². The molecule has 2 unspecified atom stereocenters. The van der Waals surface area contributed by atoms with Crippen LogP contribution in [0.5, 0.6) is 0 Å². The van der Waals surface area contributed by atoms with Gasteiger partial charge in [0.2, 0.25) is 5.91 Å². The number of hydrogen-bond donors (Lipinski definition) is 1. The molecule has 0 bridgehead atoms. The lowest BCUT2D eigenvalue weighted by atomic mass is 9.90. The molecule has 1 rings (SSSR count). The molecule has 1 aliphatic heterocycles. The second-order valence-corrected chi connectivity index (χ2v) is 4.54. The first kappa shape index (κ1) is 12.5. The van der Waals surface area contributed by atoms with Crippen LogP contribution >= 0.6 is 0 Å². The maximum atomic E-state index is 11.3. The minimum atomic E-state index is -0.0229. The number of aliphatic hydroxyl groups is 1. The van der Waals surface area contributed by atoms with Crippen LogP contribution in [0.1, 0.15) is 19.8 Å². The Morgan fingerprint density at radius 2 is 2.33 bits per heavy atom. The first-order valence-electron chi connectivity index (χ1n) is 5.59. The Labute approximate surface area is 91.9 Å². The maximum absolute atomic E-state index is 11.3. The summed E-state index contributed by atoms with van der Waals surface area (Å²) in [5, 5.41) is 9.37. The Bertz CT molecular complexity index is 221. The van der Waals surface area contributed by atoms with Crippen molar-refractivity contribution in [3.63, 3.8) is 0 Å². The molecule has 0 saturated carbocycles. The van der Waals surface area contributed by atoms with Crippen molar-refractivity contribution in [2.24, 2.45) is 5.92 Å². The van der Waals surface area contributed by atoms with Gasteiger partial charge in [0.15, 0.2) is 0 Å². The maximum Gasteiger partial charge on any atom is 0.219 e. The molecular formula is C11H22N2O2. The van der Waals surface area contributed by atoms with Gasteiger partial charge in [-0.05, 0) is 32.4 Å². The van der Waals surface area contributed by atoms with Crippen molar-refractivity contribution in [3.05, 3.63) is 0 Å². The summed E-state index contributed by atoms with van der Waals surface area (Å²) >= 11 is 0. The van der Waals surface area contributed by atoms with E-state index in [1.807, 2.05) is 0 Å². The third kappa shape index (κ3) is 3.18. The number of carbonyl (C=O) groups is 1. The van der Waals surface area contributed by atoms with Gasteiger partial charge in [-0.1, -0.05) is 0 Å². The summed E-state index contributed by atoms with van der Waals surface area (Å²) in [5.41, 5.74) is 0. The van der Waals surface area contributed by atoms with Crippen LogP contribution in [-0.2, 0) is 4.79 Å². The van der Waals surface area contributed by atoms with E-state index in [0.29, 0.717) is 5.92 Å². The zero-order valence-electron chi connectivity index (χ0n) is 9.94. The van der Waals surface area contributed by atoms with E-state index in [9.17, 15) is 9.90 Å². The van der Waals surface area contributed by atoms with Gasteiger partial charge in [-0.25, -0.2) is 0 Å². The fourth-order valence-electron chi connectivity index (χ4n) is 2.34. The third-order valence-electron chi connectivity index (χ3n) is 3.39. The Balaban J connectivity index is 2.60. The second-order valence-electron chi connectivity index (χ2n) is 4.54. The number of piperidine rings is 1. The molecule has 1 N–H and O–H groups in total. The van der Waals surface area contributed by atoms with Crippen LogP contribution < -0.4 is 0 Å². The minimum Gasteiger partial charge on any atom is -0.394 e. The Kier molecular flexibility index (Phi) is 4.54. The highest BCUT2D eigenvalue weighted by molar-refractivity contribution is 5.73. The largest absolute Gasteiger partial charge is 0.394 e. The van der Waals surface area contributed by atoms with Crippen LogP contribution in [0.3, 0.4) is 0 Å². The standard InChI is InChI=1S/C11H22N2O2/c1-9(15)13(3)11(8-14)10-5-4-6-12(2)7-10/h10-11,14H,4-8H2,1-3H3. The molecule has 4 heteroatoms. The van der Waals surface area contributed by atoms with Crippen molar-refractivity contribution < 1.29 is 9.90 Å². The van der Waals surface area contributed by atoms with E-state index in [-0.39, 0.29) is 18.6 Å². The van der Waals surface area contributed by atoms with Crippen molar-refractivity contribution in [2.45, 2.75) is 25.8 Å². The first-order valence-corrected chi connectivity index (χ1v) is 5.59. The minimum absolute atomic E-state index is 0.0229. The van der Waals surface area contributed by atoms with Crippen LogP contribution in [-0.4, -0.2) is 60.6 Å². The van der Waals surface area contributed by atoms with Gasteiger partial charge in [0.1, 0.15) is 0 Å². The highest BCUT2D eigenvalue weighted by Gasteiger charge is 2.29. The molecule has 1 heterocycles. The number of amides is 1. The van der Waals surface area contributed by atoms with E-state index in [1.165, 1.54) is 0 Å². The average molecular weight is 214 g/mol. The molecule has 2 atom stereocenters. The predicted octanol–water partition coefficient (Wildman–Crippen LogP) is 0.167. The summed E-state index contributed by atoms with van der Waals surface area (Å²) < 4.78 is 0. The zero-order valence-corrected chi connectivity index (χ0v) is 9.94. The molecule has 0 spiro atoms.